The second-order valence-corrected chi connectivity index (χ2v) is 6.45. The zero-order chi connectivity index (χ0) is 17.3. The maximum atomic E-state index is 12.6. The van der Waals surface area contributed by atoms with Crippen molar-refractivity contribution in [3.63, 3.8) is 0 Å². The lowest BCUT2D eigenvalue weighted by Gasteiger charge is -2.22. The van der Waals surface area contributed by atoms with E-state index in [1.807, 2.05) is 0 Å². The molecule has 126 valence electrons. The Labute approximate surface area is 148 Å². The molecule has 0 aliphatic carbocycles. The van der Waals surface area contributed by atoms with Crippen molar-refractivity contribution in [2.45, 2.75) is 25.3 Å². The predicted octanol–water partition coefficient (Wildman–Crippen LogP) is 3.26. The standard InChI is InChI=1S/C16H15Cl2N3O3/c17-12-4-3-11(8-13(12)18)21-7-5-14(19-21)16(24)20-6-1-2-10(20)9-15(22)23/h3-5,7-8,10H,1-2,6,9H2,(H,22,23). The summed E-state index contributed by atoms with van der Waals surface area (Å²) in [5.41, 5.74) is 0.963. The number of nitrogens with zero attached hydrogens (tertiary/aromatic N) is 3. The summed E-state index contributed by atoms with van der Waals surface area (Å²) in [6.45, 7) is 0.552. The van der Waals surface area contributed by atoms with Crippen LogP contribution in [-0.4, -0.2) is 44.3 Å². The van der Waals surface area contributed by atoms with Crippen LogP contribution in [0.1, 0.15) is 29.8 Å². The SMILES string of the molecule is O=C(O)CC1CCCN1C(=O)c1ccn(-c2ccc(Cl)c(Cl)c2)n1. The molecule has 1 atom stereocenters. The Kier molecular flexibility index (Phi) is 4.78. The quantitative estimate of drug-likeness (QED) is 0.899. The summed E-state index contributed by atoms with van der Waals surface area (Å²) in [5.74, 6) is -1.15. The highest BCUT2D eigenvalue weighted by atomic mass is 35.5. The van der Waals surface area contributed by atoms with Crippen molar-refractivity contribution in [2.75, 3.05) is 6.54 Å². The number of hydrogen-bond donors (Lipinski definition) is 1. The molecule has 6 nitrogen and oxygen atoms in total. The minimum absolute atomic E-state index is 0.0424. The first-order chi connectivity index (χ1) is 11.5. The molecule has 0 spiro atoms. The minimum atomic E-state index is -0.902. The number of halogens is 2. The lowest BCUT2D eigenvalue weighted by Crippen LogP contribution is -2.37. The molecule has 24 heavy (non-hydrogen) atoms. The van der Waals surface area contributed by atoms with Crippen LogP contribution in [0.3, 0.4) is 0 Å². The van der Waals surface area contributed by atoms with Crippen molar-refractivity contribution in [3.05, 3.63) is 46.2 Å². The summed E-state index contributed by atoms with van der Waals surface area (Å²) in [6.07, 6.45) is 3.12. The molecule has 1 N–H and O–H groups in total. The highest BCUT2D eigenvalue weighted by Gasteiger charge is 2.32. The summed E-state index contributed by atoms with van der Waals surface area (Å²) in [5, 5.41) is 14.1. The van der Waals surface area contributed by atoms with Gasteiger partial charge in [-0.25, -0.2) is 4.68 Å². The van der Waals surface area contributed by atoms with Gasteiger partial charge in [0.15, 0.2) is 5.69 Å². The van der Waals surface area contributed by atoms with Gasteiger partial charge in [-0.05, 0) is 37.1 Å². The molecule has 1 fully saturated rings. The van der Waals surface area contributed by atoms with E-state index < -0.39 is 5.97 Å². The maximum absolute atomic E-state index is 12.6. The molecule has 0 bridgehead atoms. The van der Waals surface area contributed by atoms with Crippen LogP contribution in [0.5, 0.6) is 0 Å². The summed E-state index contributed by atoms with van der Waals surface area (Å²) in [4.78, 5) is 25.1. The summed E-state index contributed by atoms with van der Waals surface area (Å²) >= 11 is 11.9. The Bertz CT molecular complexity index is 791. The fraction of sp³-hybridized carbons (Fsp3) is 0.312. The monoisotopic (exact) mass is 367 g/mol. The first-order valence-corrected chi connectivity index (χ1v) is 8.25. The molecule has 1 amide bonds. The van der Waals surface area contributed by atoms with Crippen LogP contribution in [0.25, 0.3) is 5.69 Å². The van der Waals surface area contributed by atoms with Crippen LogP contribution in [0.4, 0.5) is 0 Å². The van der Waals surface area contributed by atoms with Gasteiger partial charge >= 0.3 is 5.97 Å². The Hall–Kier alpha value is -2.05. The number of likely N-dealkylation sites (tertiary alicyclic amines) is 1. The lowest BCUT2D eigenvalue weighted by molar-refractivity contribution is -0.137. The Balaban J connectivity index is 1.80. The highest BCUT2D eigenvalue weighted by molar-refractivity contribution is 6.42. The third kappa shape index (κ3) is 3.39. The van der Waals surface area contributed by atoms with E-state index in [0.29, 0.717) is 28.7 Å². The zero-order valence-electron chi connectivity index (χ0n) is 12.7. The van der Waals surface area contributed by atoms with Crippen molar-refractivity contribution in [1.29, 1.82) is 0 Å². The van der Waals surface area contributed by atoms with Gasteiger partial charge in [0.2, 0.25) is 0 Å². The molecule has 1 saturated heterocycles. The Morgan fingerprint density at radius 2 is 2.04 bits per heavy atom. The normalized spacial score (nSPS) is 17.2. The average molecular weight is 368 g/mol. The number of carboxylic acids is 1. The van der Waals surface area contributed by atoms with E-state index in [1.165, 1.54) is 4.68 Å². The van der Waals surface area contributed by atoms with Crippen molar-refractivity contribution in [1.82, 2.24) is 14.7 Å². The molecule has 0 radical (unpaired) electrons. The first kappa shape index (κ1) is 16.8. The largest absolute Gasteiger partial charge is 0.481 e. The number of rotatable bonds is 4. The highest BCUT2D eigenvalue weighted by Crippen LogP contribution is 2.25. The molecular weight excluding hydrogens is 353 g/mol. The number of carbonyl (C=O) groups is 2. The second-order valence-electron chi connectivity index (χ2n) is 5.64. The summed E-state index contributed by atoms with van der Waals surface area (Å²) < 4.78 is 1.54. The molecule has 1 aliphatic heterocycles. The van der Waals surface area contributed by atoms with Crippen LogP contribution in [0.15, 0.2) is 30.5 Å². The van der Waals surface area contributed by atoms with E-state index in [0.717, 1.165) is 6.42 Å². The van der Waals surface area contributed by atoms with Gasteiger partial charge in [-0.15, -0.1) is 0 Å². The number of aromatic nitrogens is 2. The molecule has 8 heteroatoms. The van der Waals surface area contributed by atoms with Crippen molar-refractivity contribution >= 4 is 35.1 Å². The van der Waals surface area contributed by atoms with Gasteiger partial charge in [-0.3, -0.25) is 9.59 Å². The summed E-state index contributed by atoms with van der Waals surface area (Å²) in [6, 6.07) is 6.41. The van der Waals surface area contributed by atoms with Crippen LogP contribution in [-0.2, 0) is 4.79 Å². The predicted molar refractivity (Wildman–Crippen MR) is 89.9 cm³/mol. The molecule has 1 unspecified atom stereocenters. The number of carboxylic acid groups (broad SMARTS) is 1. The molecule has 2 heterocycles. The van der Waals surface area contributed by atoms with Gasteiger partial charge in [-0.2, -0.15) is 5.10 Å². The van der Waals surface area contributed by atoms with Gasteiger partial charge in [0.25, 0.3) is 5.91 Å². The molecule has 1 aromatic heterocycles. The van der Waals surface area contributed by atoms with E-state index in [9.17, 15) is 9.59 Å². The maximum Gasteiger partial charge on any atom is 0.305 e. The average Bonchev–Trinajstić information content (AvgIpc) is 3.18. The van der Waals surface area contributed by atoms with Crippen LogP contribution < -0.4 is 0 Å². The van der Waals surface area contributed by atoms with Gasteiger partial charge in [0, 0.05) is 18.8 Å². The van der Waals surface area contributed by atoms with Crippen molar-refractivity contribution < 1.29 is 14.7 Å². The molecule has 3 rings (SSSR count). The fourth-order valence-corrected chi connectivity index (χ4v) is 3.17. The lowest BCUT2D eigenvalue weighted by atomic mass is 10.1. The smallest absolute Gasteiger partial charge is 0.305 e. The van der Waals surface area contributed by atoms with Gasteiger partial charge in [0.05, 0.1) is 22.2 Å². The van der Waals surface area contributed by atoms with E-state index in [4.69, 9.17) is 28.3 Å². The Morgan fingerprint density at radius 1 is 1.25 bits per heavy atom. The number of benzene rings is 1. The van der Waals surface area contributed by atoms with Crippen molar-refractivity contribution in [3.8, 4) is 5.69 Å². The first-order valence-electron chi connectivity index (χ1n) is 7.49. The number of carbonyl (C=O) groups excluding carboxylic acids is 1. The van der Waals surface area contributed by atoms with Gasteiger partial charge in [-0.1, -0.05) is 23.2 Å². The minimum Gasteiger partial charge on any atom is -0.481 e. The van der Waals surface area contributed by atoms with Crippen LogP contribution in [0.2, 0.25) is 10.0 Å². The van der Waals surface area contributed by atoms with Crippen molar-refractivity contribution in [2.24, 2.45) is 0 Å². The molecule has 1 aromatic carbocycles. The summed E-state index contributed by atoms with van der Waals surface area (Å²) in [7, 11) is 0. The number of hydrogen-bond acceptors (Lipinski definition) is 3. The second kappa shape index (κ2) is 6.83. The zero-order valence-corrected chi connectivity index (χ0v) is 14.2. The van der Waals surface area contributed by atoms with Gasteiger partial charge in [0.1, 0.15) is 0 Å². The third-order valence-electron chi connectivity index (χ3n) is 4.02. The van der Waals surface area contributed by atoms with E-state index in [2.05, 4.69) is 5.10 Å². The van der Waals surface area contributed by atoms with E-state index in [1.54, 1.807) is 35.4 Å². The van der Waals surface area contributed by atoms with Gasteiger partial charge < -0.3 is 10.0 Å². The molecular formula is C16H15Cl2N3O3. The molecule has 1 aliphatic rings. The van der Waals surface area contributed by atoms with E-state index in [-0.39, 0.29) is 24.1 Å². The molecule has 0 saturated carbocycles. The Morgan fingerprint density at radius 3 is 2.75 bits per heavy atom. The number of amides is 1. The van der Waals surface area contributed by atoms with Crippen LogP contribution >= 0.6 is 23.2 Å². The number of aliphatic carboxylic acids is 1. The fourth-order valence-electron chi connectivity index (χ4n) is 2.87. The topological polar surface area (TPSA) is 75.4 Å². The van der Waals surface area contributed by atoms with E-state index >= 15 is 0 Å². The third-order valence-corrected chi connectivity index (χ3v) is 4.76. The van der Waals surface area contributed by atoms with Crippen LogP contribution in [0, 0.1) is 0 Å². The molecule has 2 aromatic rings.